The maximum Gasteiger partial charge on any atom is 0.256 e. The lowest BCUT2D eigenvalue weighted by molar-refractivity contribution is 0.0732. The summed E-state index contributed by atoms with van der Waals surface area (Å²) in [5.74, 6) is -2.05. The molecule has 0 saturated carbocycles. The van der Waals surface area contributed by atoms with Crippen molar-refractivity contribution in [3.8, 4) is 0 Å². The molecule has 136 valence electrons. The Morgan fingerprint density at radius 1 is 0.923 bits per heavy atom. The Kier molecular flexibility index (Phi) is 5.61. The van der Waals surface area contributed by atoms with Crippen LogP contribution in [-0.2, 0) is 0 Å². The van der Waals surface area contributed by atoms with Crippen LogP contribution in [0.2, 0.25) is 0 Å². The lowest BCUT2D eigenvalue weighted by atomic mass is 10.1. The van der Waals surface area contributed by atoms with Gasteiger partial charge in [0.1, 0.15) is 11.6 Å². The fraction of sp³-hybridized carbons (Fsp3) is 0.300. The van der Waals surface area contributed by atoms with E-state index in [0.29, 0.717) is 13.0 Å². The Hall–Kier alpha value is -2.76. The summed E-state index contributed by atoms with van der Waals surface area (Å²) in [6.07, 6.45) is 2.27. The van der Waals surface area contributed by atoms with Crippen molar-refractivity contribution >= 4 is 11.8 Å². The van der Waals surface area contributed by atoms with Crippen molar-refractivity contribution in [2.24, 2.45) is 0 Å². The van der Waals surface area contributed by atoms with E-state index in [0.717, 1.165) is 12.8 Å². The third kappa shape index (κ3) is 4.07. The Morgan fingerprint density at radius 2 is 1.54 bits per heavy atom. The van der Waals surface area contributed by atoms with Gasteiger partial charge in [-0.15, -0.1) is 0 Å². The lowest BCUT2D eigenvalue weighted by Crippen LogP contribution is -2.45. The highest BCUT2D eigenvalue weighted by molar-refractivity contribution is 5.95. The van der Waals surface area contributed by atoms with Crippen LogP contribution in [0.5, 0.6) is 0 Å². The monoisotopic (exact) mass is 358 g/mol. The molecule has 1 fully saturated rings. The average molecular weight is 358 g/mol. The highest BCUT2D eigenvalue weighted by atomic mass is 19.1. The average Bonchev–Trinajstić information content (AvgIpc) is 2.87. The first-order valence-corrected chi connectivity index (χ1v) is 8.65. The highest BCUT2D eigenvalue weighted by Crippen LogP contribution is 2.17. The second kappa shape index (κ2) is 8.08. The van der Waals surface area contributed by atoms with Gasteiger partial charge in [0.05, 0.1) is 11.1 Å². The number of halogens is 2. The zero-order valence-corrected chi connectivity index (χ0v) is 14.3. The fourth-order valence-electron chi connectivity index (χ4n) is 3.16. The molecule has 0 spiro atoms. The summed E-state index contributed by atoms with van der Waals surface area (Å²) in [7, 11) is 0. The number of hydrogen-bond acceptors (Lipinski definition) is 2. The minimum absolute atomic E-state index is 0.0218. The third-order valence-corrected chi connectivity index (χ3v) is 4.52. The molecule has 2 aromatic carbocycles. The third-order valence-electron chi connectivity index (χ3n) is 4.52. The maximum atomic E-state index is 13.9. The molecular formula is C20H20F2N2O2. The number of carbonyl (C=O) groups is 2. The van der Waals surface area contributed by atoms with Gasteiger partial charge in [-0.2, -0.15) is 0 Å². The maximum absolute atomic E-state index is 13.9. The minimum Gasteiger partial charge on any atom is -0.347 e. The van der Waals surface area contributed by atoms with Gasteiger partial charge in [-0.3, -0.25) is 9.59 Å². The van der Waals surface area contributed by atoms with E-state index >= 15 is 0 Å². The molecule has 4 nitrogen and oxygen atoms in total. The number of likely N-dealkylation sites (tertiary alicyclic amines) is 1. The molecule has 1 aliphatic rings. The van der Waals surface area contributed by atoms with Crippen molar-refractivity contribution in [3.63, 3.8) is 0 Å². The summed E-state index contributed by atoms with van der Waals surface area (Å²) in [5.41, 5.74) is -0.00249. The van der Waals surface area contributed by atoms with E-state index in [4.69, 9.17) is 0 Å². The van der Waals surface area contributed by atoms with E-state index in [-0.39, 0.29) is 23.7 Å². The Balaban J connectivity index is 1.71. The molecular weight excluding hydrogens is 338 g/mol. The van der Waals surface area contributed by atoms with Crippen molar-refractivity contribution in [1.29, 1.82) is 0 Å². The van der Waals surface area contributed by atoms with E-state index in [1.165, 1.54) is 36.4 Å². The van der Waals surface area contributed by atoms with Gasteiger partial charge in [-0.1, -0.05) is 24.3 Å². The smallest absolute Gasteiger partial charge is 0.256 e. The van der Waals surface area contributed by atoms with Crippen LogP contribution in [0.1, 0.15) is 40.0 Å². The van der Waals surface area contributed by atoms with Gasteiger partial charge >= 0.3 is 0 Å². The van der Waals surface area contributed by atoms with Gasteiger partial charge in [-0.05, 0) is 43.5 Å². The quantitative estimate of drug-likeness (QED) is 0.914. The second-order valence-electron chi connectivity index (χ2n) is 6.38. The van der Waals surface area contributed by atoms with Crippen molar-refractivity contribution < 1.29 is 18.4 Å². The molecule has 1 atom stereocenters. The molecule has 26 heavy (non-hydrogen) atoms. The number of rotatable bonds is 3. The van der Waals surface area contributed by atoms with Crippen LogP contribution in [0, 0.1) is 11.6 Å². The summed E-state index contributed by atoms with van der Waals surface area (Å²) in [4.78, 5) is 26.5. The summed E-state index contributed by atoms with van der Waals surface area (Å²) < 4.78 is 27.7. The molecule has 1 N–H and O–H groups in total. The number of hydrogen-bond donors (Lipinski definition) is 1. The van der Waals surface area contributed by atoms with Gasteiger partial charge < -0.3 is 10.2 Å². The lowest BCUT2D eigenvalue weighted by Gasteiger charge is -2.25. The topological polar surface area (TPSA) is 49.4 Å². The summed E-state index contributed by atoms with van der Waals surface area (Å²) in [6, 6.07) is 11.3. The van der Waals surface area contributed by atoms with Gasteiger partial charge in [0, 0.05) is 19.1 Å². The minimum atomic E-state index is -0.585. The molecule has 0 radical (unpaired) electrons. The summed E-state index contributed by atoms with van der Waals surface area (Å²) in [5, 5.41) is 2.80. The van der Waals surface area contributed by atoms with Crippen LogP contribution in [0.15, 0.2) is 48.5 Å². The van der Waals surface area contributed by atoms with Crippen LogP contribution < -0.4 is 5.32 Å². The molecule has 3 rings (SSSR count). The molecule has 0 aromatic heterocycles. The number of amides is 2. The molecule has 1 unspecified atom stereocenters. The van der Waals surface area contributed by atoms with Crippen LogP contribution in [0.4, 0.5) is 8.78 Å². The molecule has 2 amide bonds. The van der Waals surface area contributed by atoms with Gasteiger partial charge in [0.2, 0.25) is 0 Å². The molecule has 0 bridgehead atoms. The first-order chi connectivity index (χ1) is 12.6. The summed E-state index contributed by atoms with van der Waals surface area (Å²) in [6.45, 7) is 0.770. The molecule has 1 heterocycles. The number of benzene rings is 2. The SMILES string of the molecule is O=C(NC1CCCCN(C(=O)c2ccccc2F)C1)c1ccccc1F. The van der Waals surface area contributed by atoms with Crippen LogP contribution in [-0.4, -0.2) is 35.8 Å². The number of nitrogens with zero attached hydrogens (tertiary/aromatic N) is 1. The van der Waals surface area contributed by atoms with Crippen LogP contribution in [0.3, 0.4) is 0 Å². The van der Waals surface area contributed by atoms with Crippen LogP contribution >= 0.6 is 0 Å². The highest BCUT2D eigenvalue weighted by Gasteiger charge is 2.26. The largest absolute Gasteiger partial charge is 0.347 e. The van der Waals surface area contributed by atoms with E-state index in [1.54, 1.807) is 17.0 Å². The first-order valence-electron chi connectivity index (χ1n) is 8.65. The Morgan fingerprint density at radius 3 is 2.19 bits per heavy atom. The van der Waals surface area contributed by atoms with E-state index in [1.807, 2.05) is 0 Å². The van der Waals surface area contributed by atoms with Gasteiger partial charge in [0.15, 0.2) is 0 Å². The Labute approximate surface area is 150 Å². The molecule has 1 saturated heterocycles. The second-order valence-corrected chi connectivity index (χ2v) is 6.38. The number of nitrogens with one attached hydrogen (secondary N) is 1. The standard InChI is InChI=1S/C20H20F2N2O2/c21-17-10-3-1-8-15(17)19(25)23-14-7-5-6-12-24(13-14)20(26)16-9-2-4-11-18(16)22/h1-4,8-11,14H,5-7,12-13H2,(H,23,25). The predicted molar refractivity (Wildman–Crippen MR) is 93.8 cm³/mol. The summed E-state index contributed by atoms with van der Waals surface area (Å²) >= 11 is 0. The fourth-order valence-corrected chi connectivity index (χ4v) is 3.16. The molecule has 6 heteroatoms. The number of carbonyl (C=O) groups excluding carboxylic acids is 2. The normalized spacial score (nSPS) is 17.5. The van der Waals surface area contributed by atoms with Crippen molar-refractivity contribution in [2.75, 3.05) is 13.1 Å². The van der Waals surface area contributed by atoms with Crippen LogP contribution in [0.25, 0.3) is 0 Å². The predicted octanol–water partition coefficient (Wildman–Crippen LogP) is 3.39. The van der Waals surface area contributed by atoms with Crippen molar-refractivity contribution in [1.82, 2.24) is 10.2 Å². The first kappa shape index (κ1) is 18.0. The van der Waals surface area contributed by atoms with Crippen molar-refractivity contribution in [3.05, 3.63) is 71.3 Å². The van der Waals surface area contributed by atoms with E-state index in [2.05, 4.69) is 5.32 Å². The van der Waals surface area contributed by atoms with Crippen molar-refractivity contribution in [2.45, 2.75) is 25.3 Å². The molecule has 2 aromatic rings. The Bertz CT molecular complexity index is 810. The molecule has 1 aliphatic heterocycles. The molecule has 0 aliphatic carbocycles. The van der Waals surface area contributed by atoms with E-state index in [9.17, 15) is 18.4 Å². The zero-order chi connectivity index (χ0) is 18.5. The van der Waals surface area contributed by atoms with Gasteiger partial charge in [0.25, 0.3) is 11.8 Å². The van der Waals surface area contributed by atoms with Gasteiger partial charge in [-0.25, -0.2) is 8.78 Å². The zero-order valence-electron chi connectivity index (χ0n) is 14.3. The van der Waals surface area contributed by atoms with E-state index < -0.39 is 23.4 Å².